The van der Waals surface area contributed by atoms with Gasteiger partial charge in [0.25, 0.3) is 0 Å². The van der Waals surface area contributed by atoms with E-state index in [9.17, 15) is 0 Å². The Kier molecular flexibility index (Phi) is 3.09. The number of thiophene rings is 1. The molecule has 20 heavy (non-hydrogen) atoms. The Labute approximate surface area is 127 Å². The van der Waals surface area contributed by atoms with Crippen molar-refractivity contribution < 1.29 is 0 Å². The minimum Gasteiger partial charge on any atom is -0.338 e. The van der Waals surface area contributed by atoms with Gasteiger partial charge in [0.15, 0.2) is 0 Å². The van der Waals surface area contributed by atoms with E-state index in [2.05, 4.69) is 21.8 Å². The van der Waals surface area contributed by atoms with Gasteiger partial charge in [-0.15, -0.1) is 11.3 Å². The van der Waals surface area contributed by atoms with Crippen molar-refractivity contribution in [3.63, 3.8) is 0 Å². The van der Waals surface area contributed by atoms with Crippen molar-refractivity contribution in [1.82, 2.24) is 14.9 Å². The van der Waals surface area contributed by atoms with Crippen LogP contribution in [0.5, 0.6) is 0 Å². The predicted octanol–water partition coefficient (Wildman–Crippen LogP) is 2.59. The van der Waals surface area contributed by atoms with Gasteiger partial charge in [0.2, 0.25) is 5.95 Å². The summed E-state index contributed by atoms with van der Waals surface area (Å²) < 4.78 is 0. The highest BCUT2D eigenvalue weighted by Gasteiger charge is 2.23. The number of hydrogen-bond acceptors (Lipinski definition) is 5. The van der Waals surface area contributed by atoms with Crippen LogP contribution < -0.4 is 4.90 Å². The Hall–Kier alpha value is -0.910. The SMILES string of the molecule is CN1CCN(c2nc(Cl)c3c4c(sc3n2)CCC4)CC1. The maximum absolute atomic E-state index is 6.45. The second-order valence-corrected chi connectivity index (χ2v) is 7.08. The van der Waals surface area contributed by atoms with E-state index < -0.39 is 0 Å². The Morgan fingerprint density at radius 1 is 1.10 bits per heavy atom. The third-order valence-electron chi connectivity index (χ3n) is 4.29. The van der Waals surface area contributed by atoms with E-state index in [0.717, 1.165) is 48.8 Å². The summed E-state index contributed by atoms with van der Waals surface area (Å²) in [5, 5.41) is 1.75. The van der Waals surface area contributed by atoms with E-state index in [-0.39, 0.29) is 0 Å². The van der Waals surface area contributed by atoms with Gasteiger partial charge in [-0.1, -0.05) is 11.6 Å². The third-order valence-corrected chi connectivity index (χ3v) is 5.75. The van der Waals surface area contributed by atoms with E-state index in [1.54, 1.807) is 11.3 Å². The lowest BCUT2D eigenvalue weighted by Crippen LogP contribution is -2.45. The van der Waals surface area contributed by atoms with Gasteiger partial charge in [-0.3, -0.25) is 0 Å². The van der Waals surface area contributed by atoms with Crippen LogP contribution in [0, 0.1) is 0 Å². The standard InChI is InChI=1S/C14H17ClN4S/c1-18-5-7-19(8-6-18)14-16-12(15)11-9-3-2-4-10(9)20-13(11)17-14/h2-8H2,1H3. The topological polar surface area (TPSA) is 32.3 Å². The molecule has 4 nitrogen and oxygen atoms in total. The summed E-state index contributed by atoms with van der Waals surface area (Å²) in [6.07, 6.45) is 3.55. The van der Waals surface area contributed by atoms with Crippen LogP contribution in [0.3, 0.4) is 0 Å². The van der Waals surface area contributed by atoms with Crippen molar-refractivity contribution >= 4 is 39.1 Å². The van der Waals surface area contributed by atoms with Gasteiger partial charge in [0.1, 0.15) is 9.98 Å². The molecule has 1 fully saturated rings. The lowest BCUT2D eigenvalue weighted by Gasteiger charge is -2.32. The number of halogens is 1. The minimum atomic E-state index is 0.642. The van der Waals surface area contributed by atoms with Crippen LogP contribution in [0.1, 0.15) is 16.9 Å². The normalized spacial score (nSPS) is 19.8. The number of anilines is 1. The van der Waals surface area contributed by atoms with Crippen LogP contribution in [0.15, 0.2) is 0 Å². The van der Waals surface area contributed by atoms with Gasteiger partial charge >= 0.3 is 0 Å². The summed E-state index contributed by atoms with van der Waals surface area (Å²) in [4.78, 5) is 16.5. The fourth-order valence-corrected chi connectivity index (χ4v) is 4.68. The van der Waals surface area contributed by atoms with Gasteiger partial charge in [-0.2, -0.15) is 0 Å². The highest BCUT2D eigenvalue weighted by molar-refractivity contribution is 7.19. The number of aromatic nitrogens is 2. The molecule has 2 aliphatic rings. The Morgan fingerprint density at radius 2 is 1.90 bits per heavy atom. The predicted molar refractivity (Wildman–Crippen MR) is 84.2 cm³/mol. The van der Waals surface area contributed by atoms with Crippen molar-refractivity contribution in [3.05, 3.63) is 15.6 Å². The first-order valence-corrected chi connectivity index (χ1v) is 8.33. The van der Waals surface area contributed by atoms with Gasteiger partial charge in [0.05, 0.1) is 5.39 Å². The van der Waals surface area contributed by atoms with E-state index in [0.29, 0.717) is 5.15 Å². The molecule has 1 aliphatic heterocycles. The van der Waals surface area contributed by atoms with E-state index in [4.69, 9.17) is 16.6 Å². The molecule has 3 heterocycles. The molecule has 6 heteroatoms. The molecule has 0 bridgehead atoms. The van der Waals surface area contributed by atoms with Crippen molar-refractivity contribution in [2.75, 3.05) is 38.1 Å². The summed E-state index contributed by atoms with van der Waals surface area (Å²) in [5.74, 6) is 0.801. The van der Waals surface area contributed by atoms with Crippen molar-refractivity contribution in [2.45, 2.75) is 19.3 Å². The van der Waals surface area contributed by atoms with Crippen molar-refractivity contribution in [3.8, 4) is 0 Å². The van der Waals surface area contributed by atoms with Crippen LogP contribution in [-0.2, 0) is 12.8 Å². The fraction of sp³-hybridized carbons (Fsp3) is 0.571. The molecule has 0 aromatic carbocycles. The molecule has 0 amide bonds. The number of likely N-dealkylation sites (N-methyl/N-ethyl adjacent to an activating group) is 1. The zero-order valence-electron chi connectivity index (χ0n) is 11.5. The molecular weight excluding hydrogens is 292 g/mol. The molecule has 0 unspecified atom stereocenters. The fourth-order valence-electron chi connectivity index (χ4n) is 3.09. The first kappa shape index (κ1) is 12.8. The first-order valence-electron chi connectivity index (χ1n) is 7.13. The smallest absolute Gasteiger partial charge is 0.228 e. The van der Waals surface area contributed by atoms with E-state index >= 15 is 0 Å². The average Bonchev–Trinajstić information content (AvgIpc) is 2.99. The number of nitrogens with zero attached hydrogens (tertiary/aromatic N) is 4. The van der Waals surface area contributed by atoms with Crippen LogP contribution in [0.25, 0.3) is 10.2 Å². The number of hydrogen-bond donors (Lipinski definition) is 0. The molecule has 0 saturated carbocycles. The minimum absolute atomic E-state index is 0.642. The number of fused-ring (bicyclic) bond motifs is 3. The Balaban J connectivity index is 1.75. The zero-order chi connectivity index (χ0) is 13.7. The first-order chi connectivity index (χ1) is 9.72. The summed E-state index contributed by atoms with van der Waals surface area (Å²) in [5.41, 5.74) is 1.40. The monoisotopic (exact) mass is 308 g/mol. The van der Waals surface area contributed by atoms with Gasteiger partial charge in [0, 0.05) is 31.1 Å². The van der Waals surface area contributed by atoms with Crippen LogP contribution in [0.4, 0.5) is 5.95 Å². The molecule has 0 radical (unpaired) electrons. The number of rotatable bonds is 1. The average molecular weight is 309 g/mol. The lowest BCUT2D eigenvalue weighted by atomic mass is 10.2. The molecular formula is C14H17ClN4S. The maximum Gasteiger partial charge on any atom is 0.228 e. The zero-order valence-corrected chi connectivity index (χ0v) is 13.1. The molecule has 4 rings (SSSR count). The van der Waals surface area contributed by atoms with Gasteiger partial charge in [-0.25, -0.2) is 9.97 Å². The molecule has 2 aromatic rings. The molecule has 0 atom stereocenters. The maximum atomic E-state index is 6.45. The summed E-state index contributed by atoms with van der Waals surface area (Å²) in [6.45, 7) is 4.06. The van der Waals surface area contributed by atoms with E-state index in [1.165, 1.54) is 23.3 Å². The summed E-state index contributed by atoms with van der Waals surface area (Å²) >= 11 is 8.26. The van der Waals surface area contributed by atoms with Crippen molar-refractivity contribution in [1.29, 1.82) is 0 Å². The lowest BCUT2D eigenvalue weighted by molar-refractivity contribution is 0.311. The molecule has 106 valence electrons. The van der Waals surface area contributed by atoms with Crippen LogP contribution in [-0.4, -0.2) is 48.1 Å². The molecule has 1 aliphatic carbocycles. The summed E-state index contributed by atoms with van der Waals surface area (Å²) in [6, 6.07) is 0. The van der Waals surface area contributed by atoms with Crippen molar-refractivity contribution in [2.24, 2.45) is 0 Å². The number of piperazine rings is 1. The Bertz CT molecular complexity index is 661. The van der Waals surface area contributed by atoms with Crippen LogP contribution >= 0.6 is 22.9 Å². The number of aryl methyl sites for hydroxylation is 2. The molecule has 0 N–H and O–H groups in total. The second kappa shape index (κ2) is 4.83. The van der Waals surface area contributed by atoms with Crippen LogP contribution in [0.2, 0.25) is 5.15 Å². The quantitative estimate of drug-likeness (QED) is 0.758. The van der Waals surface area contributed by atoms with Gasteiger partial charge < -0.3 is 9.80 Å². The largest absolute Gasteiger partial charge is 0.338 e. The molecule has 2 aromatic heterocycles. The van der Waals surface area contributed by atoms with Gasteiger partial charge in [-0.05, 0) is 31.9 Å². The Morgan fingerprint density at radius 3 is 2.70 bits per heavy atom. The third kappa shape index (κ3) is 2.00. The highest BCUT2D eigenvalue weighted by Crippen LogP contribution is 2.40. The second-order valence-electron chi connectivity index (χ2n) is 5.64. The molecule has 0 spiro atoms. The van der Waals surface area contributed by atoms with E-state index in [1.807, 2.05) is 0 Å². The molecule has 1 saturated heterocycles. The highest BCUT2D eigenvalue weighted by atomic mass is 35.5. The summed E-state index contributed by atoms with van der Waals surface area (Å²) in [7, 11) is 2.15.